The standard InChI is InChI=1S/C23H36BrNO4S3/c1-5-29-23(27)18(13-17-6-8-19(24)9-7-17)14-21(26)22(12-16(2)3)31-30-15-20(25)10-11-32(4)28/h6-9,16,18,20,22H,5,10-15,25H2,1-4H3. The van der Waals surface area contributed by atoms with Crippen LogP contribution in [0.25, 0.3) is 0 Å². The fraction of sp³-hybridized carbons (Fsp3) is 0.652. The number of ketones is 1. The smallest absolute Gasteiger partial charge is 0.309 e. The van der Waals surface area contributed by atoms with Crippen molar-refractivity contribution in [3.63, 3.8) is 0 Å². The number of nitrogens with two attached hydrogens (primary N) is 1. The number of hydrogen-bond acceptors (Lipinski definition) is 7. The van der Waals surface area contributed by atoms with E-state index in [9.17, 15) is 13.8 Å². The Morgan fingerprint density at radius 3 is 2.44 bits per heavy atom. The molecule has 4 atom stereocenters. The molecule has 0 aliphatic rings. The van der Waals surface area contributed by atoms with Crippen LogP contribution in [0.3, 0.4) is 0 Å². The number of esters is 1. The van der Waals surface area contributed by atoms with Gasteiger partial charge in [-0.1, -0.05) is 63.5 Å². The first kappa shape index (κ1) is 29.7. The minimum atomic E-state index is -0.844. The summed E-state index contributed by atoms with van der Waals surface area (Å²) in [6.07, 6.45) is 3.78. The highest BCUT2D eigenvalue weighted by atomic mass is 79.9. The first-order valence-corrected chi connectivity index (χ1v) is 15.8. The Labute approximate surface area is 211 Å². The second-order valence-corrected chi connectivity index (χ2v) is 13.4. The van der Waals surface area contributed by atoms with Gasteiger partial charge in [-0.2, -0.15) is 0 Å². The number of carbonyl (C=O) groups is 2. The number of benzene rings is 1. The summed E-state index contributed by atoms with van der Waals surface area (Å²) in [5.41, 5.74) is 7.12. The van der Waals surface area contributed by atoms with Gasteiger partial charge in [-0.25, -0.2) is 0 Å². The van der Waals surface area contributed by atoms with E-state index in [1.165, 1.54) is 0 Å². The quantitative estimate of drug-likeness (QED) is 0.222. The van der Waals surface area contributed by atoms with Crippen LogP contribution in [0.1, 0.15) is 45.6 Å². The van der Waals surface area contributed by atoms with E-state index in [4.69, 9.17) is 10.5 Å². The van der Waals surface area contributed by atoms with Gasteiger partial charge >= 0.3 is 5.97 Å². The summed E-state index contributed by atoms with van der Waals surface area (Å²) in [7, 11) is 2.30. The summed E-state index contributed by atoms with van der Waals surface area (Å²) in [5, 5.41) is -0.200. The SMILES string of the molecule is CCOC(=O)C(CC(=O)C(CC(C)C)SSCC(N)CCS(C)=O)Cc1ccc(Br)cc1. The average Bonchev–Trinajstić information content (AvgIpc) is 2.72. The lowest BCUT2D eigenvalue weighted by molar-refractivity contribution is -0.149. The predicted octanol–water partition coefficient (Wildman–Crippen LogP) is 5.02. The van der Waals surface area contributed by atoms with Gasteiger partial charge in [0.1, 0.15) is 5.78 Å². The molecule has 0 aliphatic heterocycles. The Kier molecular flexibility index (Phi) is 15.1. The highest BCUT2D eigenvalue weighted by Gasteiger charge is 2.29. The fourth-order valence-electron chi connectivity index (χ4n) is 3.04. The average molecular weight is 567 g/mol. The Balaban J connectivity index is 2.77. The topological polar surface area (TPSA) is 86.5 Å². The number of carbonyl (C=O) groups excluding carboxylic acids is 2. The molecular weight excluding hydrogens is 530 g/mol. The maximum atomic E-state index is 13.2. The summed E-state index contributed by atoms with van der Waals surface area (Å²) in [4.78, 5) is 25.8. The zero-order chi connectivity index (χ0) is 24.1. The summed E-state index contributed by atoms with van der Waals surface area (Å²) < 4.78 is 17.5. The normalized spacial score (nSPS) is 15.2. The van der Waals surface area contributed by atoms with Crippen LogP contribution < -0.4 is 5.73 Å². The molecule has 0 heterocycles. The van der Waals surface area contributed by atoms with Crippen molar-refractivity contribution in [2.45, 2.75) is 57.7 Å². The summed E-state index contributed by atoms with van der Waals surface area (Å²) in [5.74, 6) is 0.919. The molecule has 4 unspecified atom stereocenters. The minimum Gasteiger partial charge on any atom is -0.466 e. The van der Waals surface area contributed by atoms with Crippen LogP contribution in [0, 0.1) is 11.8 Å². The summed E-state index contributed by atoms with van der Waals surface area (Å²) in [6, 6.07) is 7.75. The lowest BCUT2D eigenvalue weighted by Gasteiger charge is -2.21. The van der Waals surface area contributed by atoms with Gasteiger partial charge < -0.3 is 10.5 Å². The zero-order valence-electron chi connectivity index (χ0n) is 19.4. The third-order valence-electron chi connectivity index (χ3n) is 4.75. The number of ether oxygens (including phenoxy) is 1. The summed E-state index contributed by atoms with van der Waals surface area (Å²) >= 11 is 3.42. The molecule has 0 saturated heterocycles. The van der Waals surface area contributed by atoms with E-state index >= 15 is 0 Å². The van der Waals surface area contributed by atoms with Gasteiger partial charge in [-0.15, -0.1) is 0 Å². The zero-order valence-corrected chi connectivity index (χ0v) is 23.4. The van der Waals surface area contributed by atoms with Gasteiger partial charge in [0.25, 0.3) is 0 Å². The molecule has 2 N–H and O–H groups in total. The van der Waals surface area contributed by atoms with Crippen LogP contribution >= 0.6 is 37.5 Å². The Morgan fingerprint density at radius 1 is 1.22 bits per heavy atom. The predicted molar refractivity (Wildman–Crippen MR) is 142 cm³/mol. The second kappa shape index (κ2) is 16.3. The van der Waals surface area contributed by atoms with E-state index in [-0.39, 0.29) is 29.5 Å². The number of hydrogen-bond donors (Lipinski definition) is 1. The number of rotatable bonds is 16. The van der Waals surface area contributed by atoms with Crippen molar-refractivity contribution in [2.75, 3.05) is 24.4 Å². The highest BCUT2D eigenvalue weighted by molar-refractivity contribution is 9.10. The van der Waals surface area contributed by atoms with E-state index in [0.29, 0.717) is 36.9 Å². The van der Waals surface area contributed by atoms with Crippen molar-refractivity contribution in [2.24, 2.45) is 17.6 Å². The maximum absolute atomic E-state index is 13.2. The van der Waals surface area contributed by atoms with E-state index in [1.54, 1.807) is 34.8 Å². The first-order valence-electron chi connectivity index (χ1n) is 10.9. The van der Waals surface area contributed by atoms with Crippen molar-refractivity contribution < 1.29 is 18.5 Å². The molecule has 1 aromatic carbocycles. The van der Waals surface area contributed by atoms with E-state index in [1.807, 2.05) is 24.3 Å². The van der Waals surface area contributed by atoms with Crippen LogP contribution in [0.2, 0.25) is 0 Å². The summed E-state index contributed by atoms with van der Waals surface area (Å²) in [6.45, 7) is 6.27. The van der Waals surface area contributed by atoms with Gasteiger partial charge in [-0.05, 0) is 49.8 Å². The molecule has 0 radical (unpaired) electrons. The van der Waals surface area contributed by atoms with Crippen LogP contribution in [-0.2, 0) is 31.5 Å². The highest BCUT2D eigenvalue weighted by Crippen LogP contribution is 2.33. The molecule has 9 heteroatoms. The van der Waals surface area contributed by atoms with Crippen LogP contribution in [0.5, 0.6) is 0 Å². The lowest BCUT2D eigenvalue weighted by Crippen LogP contribution is -2.28. The minimum absolute atomic E-state index is 0.0455. The molecule has 5 nitrogen and oxygen atoms in total. The molecule has 32 heavy (non-hydrogen) atoms. The molecule has 182 valence electrons. The third kappa shape index (κ3) is 12.8. The third-order valence-corrected chi connectivity index (χ3v) is 8.99. The van der Waals surface area contributed by atoms with Crippen molar-refractivity contribution in [1.82, 2.24) is 0 Å². The van der Waals surface area contributed by atoms with Crippen LogP contribution in [0.15, 0.2) is 28.7 Å². The van der Waals surface area contributed by atoms with Gasteiger partial charge in [-0.3, -0.25) is 13.8 Å². The molecule has 1 aromatic rings. The lowest BCUT2D eigenvalue weighted by atomic mass is 9.92. The largest absolute Gasteiger partial charge is 0.466 e. The maximum Gasteiger partial charge on any atom is 0.309 e. The van der Waals surface area contributed by atoms with Crippen molar-refractivity contribution >= 4 is 60.1 Å². The molecule has 0 saturated carbocycles. The molecule has 0 bridgehead atoms. The molecule has 0 amide bonds. The van der Waals surface area contributed by atoms with Crippen molar-refractivity contribution in [3.8, 4) is 0 Å². The number of halogens is 1. The first-order chi connectivity index (χ1) is 15.1. The van der Waals surface area contributed by atoms with Crippen molar-refractivity contribution in [3.05, 3.63) is 34.3 Å². The van der Waals surface area contributed by atoms with Crippen molar-refractivity contribution in [1.29, 1.82) is 0 Å². The molecule has 0 fully saturated rings. The second-order valence-electron chi connectivity index (χ2n) is 8.28. The van der Waals surface area contributed by atoms with Gasteiger partial charge in [0, 0.05) is 45.5 Å². The molecule has 0 aliphatic carbocycles. The monoisotopic (exact) mass is 565 g/mol. The van der Waals surface area contributed by atoms with Crippen LogP contribution in [-0.4, -0.2) is 51.6 Å². The molecular formula is C23H36BrNO4S3. The van der Waals surface area contributed by atoms with E-state index in [2.05, 4.69) is 29.8 Å². The Morgan fingerprint density at radius 2 is 1.88 bits per heavy atom. The van der Waals surface area contributed by atoms with Gasteiger partial charge in [0.15, 0.2) is 0 Å². The Hall–Kier alpha value is -0.350. The Bertz CT molecular complexity index is 730. The van der Waals surface area contributed by atoms with E-state index < -0.39 is 16.7 Å². The van der Waals surface area contributed by atoms with Crippen LogP contribution in [0.4, 0.5) is 0 Å². The fourth-order valence-corrected chi connectivity index (χ4v) is 7.00. The van der Waals surface area contributed by atoms with Gasteiger partial charge in [0.2, 0.25) is 0 Å². The molecule has 0 spiro atoms. The van der Waals surface area contributed by atoms with Gasteiger partial charge in [0.05, 0.1) is 17.8 Å². The van der Waals surface area contributed by atoms with E-state index in [0.717, 1.165) is 16.5 Å². The number of Topliss-reactive ketones (excluding diaryl/α,β-unsaturated/α-hetero) is 1. The molecule has 1 rings (SSSR count). The molecule has 0 aromatic heterocycles.